The zero-order valence-corrected chi connectivity index (χ0v) is 12.5. The van der Waals surface area contributed by atoms with Crippen molar-refractivity contribution in [2.24, 2.45) is 5.41 Å². The van der Waals surface area contributed by atoms with Gasteiger partial charge in [0.05, 0.1) is 6.10 Å². The van der Waals surface area contributed by atoms with E-state index in [2.05, 4.69) is 44.3 Å². The first kappa shape index (κ1) is 14.4. The van der Waals surface area contributed by atoms with E-state index in [1.54, 1.807) is 0 Å². The predicted octanol–water partition coefficient (Wildman–Crippen LogP) is 4.14. The molecule has 1 aliphatic carbocycles. The number of ether oxygens (including phenoxy) is 1. The molecule has 1 aromatic carbocycles. The third-order valence-corrected chi connectivity index (χ3v) is 3.89. The first-order chi connectivity index (χ1) is 9.15. The van der Waals surface area contributed by atoms with Gasteiger partial charge in [-0.15, -0.1) is 0 Å². The summed E-state index contributed by atoms with van der Waals surface area (Å²) in [6.45, 7) is 8.49. The molecule has 2 rings (SSSR count). The van der Waals surface area contributed by atoms with Gasteiger partial charge in [0.1, 0.15) is 5.75 Å². The topological polar surface area (TPSA) is 21.3 Å². The van der Waals surface area contributed by atoms with Gasteiger partial charge in [0, 0.05) is 18.7 Å². The van der Waals surface area contributed by atoms with Crippen molar-refractivity contribution in [2.45, 2.75) is 59.1 Å². The zero-order chi connectivity index (χ0) is 13.7. The van der Waals surface area contributed by atoms with E-state index in [1.165, 1.54) is 31.2 Å². The van der Waals surface area contributed by atoms with Crippen molar-refractivity contribution >= 4 is 0 Å². The molecule has 0 bridgehead atoms. The fraction of sp³-hybridized carbons (Fsp3) is 0.647. The zero-order valence-electron chi connectivity index (χ0n) is 12.5. The Morgan fingerprint density at radius 3 is 2.63 bits per heavy atom. The molecule has 2 heteroatoms. The first-order valence-corrected chi connectivity index (χ1v) is 7.60. The van der Waals surface area contributed by atoms with Crippen LogP contribution in [-0.4, -0.2) is 12.6 Å². The second kappa shape index (κ2) is 6.42. The lowest BCUT2D eigenvalue weighted by atomic mass is 10.0. The van der Waals surface area contributed by atoms with Gasteiger partial charge in [0.25, 0.3) is 0 Å². The molecule has 0 aromatic heterocycles. The number of benzene rings is 1. The Morgan fingerprint density at radius 2 is 2.00 bits per heavy atom. The minimum atomic E-state index is 0.232. The molecule has 1 N–H and O–H groups in total. The van der Waals surface area contributed by atoms with Gasteiger partial charge in [-0.2, -0.15) is 0 Å². The average Bonchev–Trinajstić information content (AvgIpc) is 3.11. The van der Waals surface area contributed by atoms with Crippen LogP contribution in [0.3, 0.4) is 0 Å². The van der Waals surface area contributed by atoms with Crippen molar-refractivity contribution in [1.29, 1.82) is 0 Å². The molecule has 0 spiro atoms. The highest BCUT2D eigenvalue weighted by molar-refractivity contribution is 5.33. The van der Waals surface area contributed by atoms with Crippen molar-refractivity contribution in [3.63, 3.8) is 0 Å². The van der Waals surface area contributed by atoms with Crippen molar-refractivity contribution in [2.75, 3.05) is 6.54 Å². The highest BCUT2D eigenvalue weighted by Crippen LogP contribution is 2.48. The predicted molar refractivity (Wildman–Crippen MR) is 80.5 cm³/mol. The molecule has 19 heavy (non-hydrogen) atoms. The lowest BCUT2D eigenvalue weighted by molar-refractivity contribution is 0.239. The van der Waals surface area contributed by atoms with Crippen LogP contribution in [0.5, 0.6) is 5.75 Å². The minimum Gasteiger partial charge on any atom is -0.491 e. The van der Waals surface area contributed by atoms with E-state index in [0.29, 0.717) is 5.41 Å². The SMILES string of the molecule is CCCC1(CNCc2ccccc2OC(C)C)CC1. The summed E-state index contributed by atoms with van der Waals surface area (Å²) in [7, 11) is 0. The molecular weight excluding hydrogens is 234 g/mol. The summed E-state index contributed by atoms with van der Waals surface area (Å²) in [5.41, 5.74) is 1.88. The van der Waals surface area contributed by atoms with E-state index in [0.717, 1.165) is 18.8 Å². The van der Waals surface area contributed by atoms with E-state index in [-0.39, 0.29) is 6.10 Å². The Bertz CT molecular complexity index is 396. The van der Waals surface area contributed by atoms with Gasteiger partial charge in [0.15, 0.2) is 0 Å². The van der Waals surface area contributed by atoms with Crippen LogP contribution in [0.25, 0.3) is 0 Å². The normalized spacial score (nSPS) is 16.6. The lowest BCUT2D eigenvalue weighted by Crippen LogP contribution is -2.24. The Morgan fingerprint density at radius 1 is 1.26 bits per heavy atom. The lowest BCUT2D eigenvalue weighted by Gasteiger charge is -2.17. The second-order valence-corrected chi connectivity index (χ2v) is 6.13. The maximum Gasteiger partial charge on any atom is 0.124 e. The average molecular weight is 261 g/mol. The van der Waals surface area contributed by atoms with E-state index in [9.17, 15) is 0 Å². The quantitative estimate of drug-likeness (QED) is 0.759. The molecule has 2 nitrogen and oxygen atoms in total. The Hall–Kier alpha value is -1.02. The molecule has 106 valence electrons. The van der Waals surface area contributed by atoms with Crippen LogP contribution in [0.2, 0.25) is 0 Å². The van der Waals surface area contributed by atoms with E-state index in [4.69, 9.17) is 4.74 Å². The van der Waals surface area contributed by atoms with E-state index in [1.807, 2.05) is 6.07 Å². The maximum absolute atomic E-state index is 5.85. The number of para-hydroxylation sites is 1. The number of nitrogens with one attached hydrogen (secondary N) is 1. The van der Waals surface area contributed by atoms with Gasteiger partial charge in [-0.3, -0.25) is 0 Å². The van der Waals surface area contributed by atoms with Crippen molar-refractivity contribution in [3.05, 3.63) is 29.8 Å². The number of rotatable bonds is 8. The molecule has 1 aliphatic rings. The van der Waals surface area contributed by atoms with Gasteiger partial charge >= 0.3 is 0 Å². The summed E-state index contributed by atoms with van der Waals surface area (Å²) >= 11 is 0. The highest BCUT2D eigenvalue weighted by atomic mass is 16.5. The summed E-state index contributed by atoms with van der Waals surface area (Å²) in [6.07, 6.45) is 5.70. The minimum absolute atomic E-state index is 0.232. The molecule has 0 atom stereocenters. The first-order valence-electron chi connectivity index (χ1n) is 7.60. The van der Waals surface area contributed by atoms with Crippen LogP contribution in [0, 0.1) is 5.41 Å². The summed E-state index contributed by atoms with van der Waals surface area (Å²) in [6, 6.07) is 8.35. The standard InChI is InChI=1S/C17H27NO/c1-4-9-17(10-11-17)13-18-12-15-7-5-6-8-16(15)19-14(2)3/h5-8,14,18H,4,9-13H2,1-3H3. The molecule has 1 saturated carbocycles. The summed E-state index contributed by atoms with van der Waals surface area (Å²) in [5, 5.41) is 3.62. The molecule has 1 fully saturated rings. The molecule has 0 aliphatic heterocycles. The molecular formula is C17H27NO. The van der Waals surface area contributed by atoms with Crippen LogP contribution < -0.4 is 10.1 Å². The van der Waals surface area contributed by atoms with Crippen LogP contribution in [0.15, 0.2) is 24.3 Å². The smallest absolute Gasteiger partial charge is 0.124 e. The summed E-state index contributed by atoms with van der Waals surface area (Å²) in [5.74, 6) is 1.02. The van der Waals surface area contributed by atoms with E-state index >= 15 is 0 Å². The van der Waals surface area contributed by atoms with Gasteiger partial charge in [-0.25, -0.2) is 0 Å². The molecule has 1 aromatic rings. The fourth-order valence-electron chi connectivity index (χ4n) is 2.70. The van der Waals surface area contributed by atoms with E-state index < -0.39 is 0 Å². The van der Waals surface area contributed by atoms with Crippen LogP contribution in [0.1, 0.15) is 52.0 Å². The van der Waals surface area contributed by atoms with Gasteiger partial charge < -0.3 is 10.1 Å². The molecule has 0 radical (unpaired) electrons. The Labute approximate surface area is 117 Å². The summed E-state index contributed by atoms with van der Waals surface area (Å²) in [4.78, 5) is 0. The summed E-state index contributed by atoms with van der Waals surface area (Å²) < 4.78 is 5.85. The van der Waals surface area contributed by atoms with Crippen LogP contribution >= 0.6 is 0 Å². The van der Waals surface area contributed by atoms with Gasteiger partial charge in [-0.1, -0.05) is 31.5 Å². The fourth-order valence-corrected chi connectivity index (χ4v) is 2.70. The van der Waals surface area contributed by atoms with Crippen molar-refractivity contribution in [1.82, 2.24) is 5.32 Å². The Kier molecular flexibility index (Phi) is 4.87. The van der Waals surface area contributed by atoms with Crippen LogP contribution in [-0.2, 0) is 6.54 Å². The number of hydrogen-bond acceptors (Lipinski definition) is 2. The molecule has 0 amide bonds. The van der Waals surface area contributed by atoms with Gasteiger partial charge in [-0.05, 0) is 44.6 Å². The third kappa shape index (κ3) is 4.24. The van der Waals surface area contributed by atoms with Crippen molar-refractivity contribution < 1.29 is 4.74 Å². The molecule has 0 unspecified atom stereocenters. The largest absolute Gasteiger partial charge is 0.491 e. The number of hydrogen-bond donors (Lipinski definition) is 1. The van der Waals surface area contributed by atoms with Crippen molar-refractivity contribution in [3.8, 4) is 5.75 Å². The van der Waals surface area contributed by atoms with Crippen LogP contribution in [0.4, 0.5) is 0 Å². The van der Waals surface area contributed by atoms with Gasteiger partial charge in [0.2, 0.25) is 0 Å². The Balaban J connectivity index is 1.85. The monoisotopic (exact) mass is 261 g/mol. The maximum atomic E-state index is 5.85. The third-order valence-electron chi connectivity index (χ3n) is 3.89. The molecule has 0 saturated heterocycles. The molecule has 0 heterocycles. The highest BCUT2D eigenvalue weighted by Gasteiger charge is 2.40. The second-order valence-electron chi connectivity index (χ2n) is 6.13.